The predicted octanol–water partition coefficient (Wildman–Crippen LogP) is 0.976. The molecule has 1 aromatic rings. The molecule has 7 nitrogen and oxygen atoms in total. The molecule has 19 heavy (non-hydrogen) atoms. The first-order valence-corrected chi connectivity index (χ1v) is 6.36. The van der Waals surface area contributed by atoms with E-state index >= 15 is 0 Å². The number of piperidine rings is 1. The maximum atomic E-state index is 10.9. The molecule has 0 spiro atoms. The predicted molar refractivity (Wildman–Crippen MR) is 72.9 cm³/mol. The molecule has 1 saturated heterocycles. The van der Waals surface area contributed by atoms with Crippen molar-refractivity contribution in [2.75, 3.05) is 18.4 Å². The van der Waals surface area contributed by atoms with Gasteiger partial charge in [-0.3, -0.25) is 10.1 Å². The van der Waals surface area contributed by atoms with Crippen molar-refractivity contribution in [1.29, 1.82) is 0 Å². The van der Waals surface area contributed by atoms with Gasteiger partial charge in [0.1, 0.15) is 0 Å². The number of hydrogen-bond acceptors (Lipinski definition) is 6. The first-order chi connectivity index (χ1) is 9.08. The normalized spacial score (nSPS) is 17.2. The topological polar surface area (TPSA) is 91.5 Å². The average Bonchev–Trinajstić information content (AvgIpc) is 2.39. The third kappa shape index (κ3) is 3.42. The van der Waals surface area contributed by atoms with E-state index in [9.17, 15) is 15.1 Å². The van der Waals surface area contributed by atoms with Crippen molar-refractivity contribution in [1.82, 2.24) is 9.79 Å². The van der Waals surface area contributed by atoms with Gasteiger partial charge in [0.05, 0.1) is 4.92 Å². The molecule has 2 heterocycles. The second-order valence-electron chi connectivity index (χ2n) is 4.71. The Kier molecular flexibility index (Phi) is 4.33. The number of nitrogens with zero attached hydrogens (tertiary/aromatic N) is 3. The first kappa shape index (κ1) is 13.8. The minimum absolute atomic E-state index is 0.000422. The van der Waals surface area contributed by atoms with Gasteiger partial charge in [-0.1, -0.05) is 0 Å². The third-order valence-electron chi connectivity index (χ3n) is 3.38. The zero-order chi connectivity index (χ0) is 13.8. The first-order valence-electron chi connectivity index (χ1n) is 6.36. The Hall–Kier alpha value is -1.67. The fourth-order valence-corrected chi connectivity index (χ4v) is 2.27. The molecule has 0 aromatic carbocycles. The van der Waals surface area contributed by atoms with E-state index in [2.05, 4.69) is 10.3 Å². The second kappa shape index (κ2) is 5.98. The van der Waals surface area contributed by atoms with Gasteiger partial charge in [0.2, 0.25) is 5.82 Å². The van der Waals surface area contributed by atoms with Gasteiger partial charge in [-0.05, 0) is 38.8 Å². The van der Waals surface area contributed by atoms with E-state index in [-0.39, 0.29) is 11.7 Å². The van der Waals surface area contributed by atoms with Gasteiger partial charge < -0.3 is 15.2 Å². The summed E-state index contributed by atoms with van der Waals surface area (Å²) in [7, 11) is -0.440. The summed E-state index contributed by atoms with van der Waals surface area (Å²) in [6.45, 7) is 3.29. The highest BCUT2D eigenvalue weighted by Gasteiger charge is 2.25. The van der Waals surface area contributed by atoms with Crippen LogP contribution in [0.5, 0.6) is 0 Å². The summed E-state index contributed by atoms with van der Waals surface area (Å²) in [6, 6.07) is 3.16. The number of pyridine rings is 1. The Bertz CT molecular complexity index is 449. The lowest BCUT2D eigenvalue weighted by Crippen LogP contribution is -2.46. The summed E-state index contributed by atoms with van der Waals surface area (Å²) < 4.78 is 0. The van der Waals surface area contributed by atoms with Crippen LogP contribution in [0.15, 0.2) is 18.3 Å². The van der Waals surface area contributed by atoms with Crippen LogP contribution in [0.3, 0.4) is 0 Å². The van der Waals surface area contributed by atoms with Crippen LogP contribution in [-0.2, 0) is 0 Å². The molecule has 2 N–H and O–H groups in total. The molecule has 0 bridgehead atoms. The van der Waals surface area contributed by atoms with E-state index in [1.807, 2.05) is 4.81 Å². The standard InChI is InChI=1S/C11H17BN4O3/c1-12(17)15-7-4-9(5-8-15)14-11-10(16(18)19)3-2-6-13-11/h2-3,6,9,17H,4-5,7-8H2,1H3,(H,13,14). The van der Waals surface area contributed by atoms with Crippen LogP contribution in [0.1, 0.15) is 12.8 Å². The number of hydrogen-bond donors (Lipinski definition) is 2. The molecule has 8 heteroatoms. The average molecular weight is 264 g/mol. The van der Waals surface area contributed by atoms with E-state index in [1.54, 1.807) is 19.1 Å². The van der Waals surface area contributed by atoms with Crippen LogP contribution in [-0.4, -0.2) is 45.9 Å². The van der Waals surface area contributed by atoms with E-state index < -0.39 is 12.0 Å². The highest BCUT2D eigenvalue weighted by Crippen LogP contribution is 2.23. The van der Waals surface area contributed by atoms with Gasteiger partial charge in [0.25, 0.3) is 0 Å². The van der Waals surface area contributed by atoms with E-state index in [4.69, 9.17) is 0 Å². The lowest BCUT2D eigenvalue weighted by Gasteiger charge is -2.33. The number of aromatic nitrogens is 1. The van der Waals surface area contributed by atoms with Gasteiger partial charge >= 0.3 is 12.7 Å². The van der Waals surface area contributed by atoms with Crippen molar-refractivity contribution in [3.63, 3.8) is 0 Å². The summed E-state index contributed by atoms with van der Waals surface area (Å²) in [5, 5.41) is 23.5. The Morgan fingerprint density at radius 1 is 1.58 bits per heavy atom. The van der Waals surface area contributed by atoms with E-state index in [1.165, 1.54) is 6.07 Å². The lowest BCUT2D eigenvalue weighted by atomic mass is 9.82. The van der Waals surface area contributed by atoms with Crippen molar-refractivity contribution in [3.05, 3.63) is 28.4 Å². The Morgan fingerprint density at radius 3 is 2.84 bits per heavy atom. The molecule has 0 atom stereocenters. The largest absolute Gasteiger partial charge is 0.437 e. The second-order valence-corrected chi connectivity index (χ2v) is 4.71. The molecular formula is C11H17BN4O3. The van der Waals surface area contributed by atoms with Crippen molar-refractivity contribution >= 4 is 18.6 Å². The maximum Gasteiger partial charge on any atom is 0.376 e. The Morgan fingerprint density at radius 2 is 2.26 bits per heavy atom. The molecule has 1 aliphatic rings. The molecule has 0 saturated carbocycles. The van der Waals surface area contributed by atoms with Gasteiger partial charge in [0.15, 0.2) is 0 Å². The summed E-state index contributed by atoms with van der Waals surface area (Å²) in [4.78, 5) is 16.5. The van der Waals surface area contributed by atoms with Crippen LogP contribution >= 0.6 is 0 Å². The van der Waals surface area contributed by atoms with Gasteiger partial charge in [0, 0.05) is 18.3 Å². The van der Waals surface area contributed by atoms with Crippen molar-refractivity contribution < 1.29 is 9.95 Å². The molecule has 102 valence electrons. The zero-order valence-electron chi connectivity index (χ0n) is 10.8. The molecule has 0 unspecified atom stereocenters. The molecule has 1 fully saturated rings. The van der Waals surface area contributed by atoms with Crippen molar-refractivity contribution in [2.24, 2.45) is 0 Å². The number of nitrogens with one attached hydrogen (secondary N) is 1. The van der Waals surface area contributed by atoms with E-state index in [0.717, 1.165) is 25.9 Å². The molecule has 1 aromatic heterocycles. The fraction of sp³-hybridized carbons (Fsp3) is 0.545. The Balaban J connectivity index is 1.98. The van der Waals surface area contributed by atoms with Gasteiger partial charge in [-0.25, -0.2) is 4.98 Å². The van der Waals surface area contributed by atoms with Crippen LogP contribution in [0.2, 0.25) is 6.82 Å². The number of rotatable bonds is 4. The molecule has 0 amide bonds. The number of nitro groups is 1. The molecule has 1 aliphatic heterocycles. The van der Waals surface area contributed by atoms with Crippen LogP contribution in [0.25, 0.3) is 0 Å². The van der Waals surface area contributed by atoms with Gasteiger partial charge in [-0.2, -0.15) is 0 Å². The summed E-state index contributed by atoms with van der Waals surface area (Å²) >= 11 is 0. The number of anilines is 1. The third-order valence-corrected chi connectivity index (χ3v) is 3.38. The minimum Gasteiger partial charge on any atom is -0.437 e. The monoisotopic (exact) mass is 264 g/mol. The van der Waals surface area contributed by atoms with E-state index in [0.29, 0.717) is 5.82 Å². The minimum atomic E-state index is -0.440. The molecule has 0 radical (unpaired) electrons. The molecular weight excluding hydrogens is 247 g/mol. The SMILES string of the molecule is CB(O)N1CCC(Nc2ncccc2[N+](=O)[O-])CC1. The Labute approximate surface area is 111 Å². The van der Waals surface area contributed by atoms with Crippen molar-refractivity contribution in [3.8, 4) is 0 Å². The quantitative estimate of drug-likeness (QED) is 0.478. The summed E-state index contributed by atoms with van der Waals surface area (Å²) in [5.41, 5.74) is 0.000422. The smallest absolute Gasteiger partial charge is 0.376 e. The van der Waals surface area contributed by atoms with Crippen LogP contribution in [0.4, 0.5) is 11.5 Å². The molecule has 2 rings (SSSR count). The van der Waals surface area contributed by atoms with Gasteiger partial charge in [-0.15, -0.1) is 0 Å². The maximum absolute atomic E-state index is 10.9. The fourth-order valence-electron chi connectivity index (χ4n) is 2.27. The summed E-state index contributed by atoms with van der Waals surface area (Å²) in [6.07, 6.45) is 3.21. The molecule has 0 aliphatic carbocycles. The van der Waals surface area contributed by atoms with Crippen LogP contribution in [0, 0.1) is 10.1 Å². The van der Waals surface area contributed by atoms with Crippen LogP contribution < -0.4 is 5.32 Å². The zero-order valence-corrected chi connectivity index (χ0v) is 10.8. The highest BCUT2D eigenvalue weighted by molar-refractivity contribution is 6.45. The summed E-state index contributed by atoms with van der Waals surface area (Å²) in [5.74, 6) is 0.322. The highest BCUT2D eigenvalue weighted by atomic mass is 16.6. The van der Waals surface area contributed by atoms with Crippen molar-refractivity contribution in [2.45, 2.75) is 25.7 Å². The lowest BCUT2D eigenvalue weighted by molar-refractivity contribution is -0.384.